The summed E-state index contributed by atoms with van der Waals surface area (Å²) in [5.41, 5.74) is -2.08. The molecule has 1 N–H and O–H groups in total. The fourth-order valence-corrected chi connectivity index (χ4v) is 5.53. The summed E-state index contributed by atoms with van der Waals surface area (Å²) >= 11 is 12.2. The molecule has 5 rings (SSSR count). The van der Waals surface area contributed by atoms with Crippen LogP contribution < -0.4 is 11.0 Å². The summed E-state index contributed by atoms with van der Waals surface area (Å²) in [6, 6.07) is 4.00. The van der Waals surface area contributed by atoms with Crippen LogP contribution in [0.2, 0.25) is 10.0 Å². The fraction of sp³-hybridized carbons (Fsp3) is 0.433. The van der Waals surface area contributed by atoms with E-state index >= 15 is 0 Å². The van der Waals surface area contributed by atoms with Gasteiger partial charge < -0.3 is 10.1 Å². The van der Waals surface area contributed by atoms with Crippen LogP contribution in [0, 0.1) is 5.92 Å². The van der Waals surface area contributed by atoms with Crippen LogP contribution in [-0.4, -0.2) is 87.6 Å². The van der Waals surface area contributed by atoms with Crippen molar-refractivity contribution in [1.29, 1.82) is 0 Å². The third kappa shape index (κ3) is 8.81. The highest BCUT2D eigenvalue weighted by Gasteiger charge is 2.53. The van der Waals surface area contributed by atoms with E-state index in [0.717, 1.165) is 4.68 Å². The van der Waals surface area contributed by atoms with Crippen molar-refractivity contribution in [2.45, 2.75) is 70.3 Å². The first-order valence-corrected chi connectivity index (χ1v) is 15.9. The van der Waals surface area contributed by atoms with Gasteiger partial charge in [0.25, 0.3) is 0 Å². The molecule has 4 heterocycles. The van der Waals surface area contributed by atoms with Gasteiger partial charge in [-0.05, 0) is 63.6 Å². The van der Waals surface area contributed by atoms with Gasteiger partial charge in [0.2, 0.25) is 5.91 Å². The van der Waals surface area contributed by atoms with E-state index in [0.29, 0.717) is 9.47 Å². The van der Waals surface area contributed by atoms with E-state index in [9.17, 15) is 40.7 Å². The van der Waals surface area contributed by atoms with Crippen molar-refractivity contribution in [3.05, 3.63) is 75.3 Å². The van der Waals surface area contributed by atoms with Crippen LogP contribution in [0.5, 0.6) is 0 Å². The Morgan fingerprint density at radius 1 is 1.02 bits per heavy atom. The van der Waals surface area contributed by atoms with Crippen molar-refractivity contribution in [2.75, 3.05) is 6.54 Å². The molecule has 51 heavy (non-hydrogen) atoms. The summed E-state index contributed by atoms with van der Waals surface area (Å²) in [5, 5.41) is 10.7. The number of nitrogens with one attached hydrogen (secondary N) is 1. The molecule has 0 radical (unpaired) electrons. The number of hydrogen-bond donors (Lipinski definition) is 1. The minimum absolute atomic E-state index is 0.00878. The number of aromatic nitrogens is 7. The molecule has 1 saturated heterocycles. The zero-order valence-corrected chi connectivity index (χ0v) is 28.4. The fourth-order valence-electron chi connectivity index (χ4n) is 5.20. The second-order valence-electron chi connectivity index (χ2n) is 12.5. The number of rotatable bonds is 8. The van der Waals surface area contributed by atoms with Crippen molar-refractivity contribution < 1.29 is 40.7 Å². The quantitative estimate of drug-likeness (QED) is 0.239. The lowest BCUT2D eigenvalue weighted by atomic mass is 10.0. The smallest absolute Gasteiger partial charge is 0.410 e. The van der Waals surface area contributed by atoms with Crippen LogP contribution in [0.3, 0.4) is 0 Å². The Morgan fingerprint density at radius 3 is 2.31 bits per heavy atom. The maximum absolute atomic E-state index is 14.6. The van der Waals surface area contributed by atoms with E-state index in [1.54, 1.807) is 17.4 Å². The Labute approximate surface area is 295 Å². The molecule has 1 aliphatic rings. The van der Waals surface area contributed by atoms with Gasteiger partial charge in [0, 0.05) is 23.3 Å². The van der Waals surface area contributed by atoms with Gasteiger partial charge in [-0.25, -0.2) is 28.9 Å². The molecule has 1 aromatic carbocycles. The predicted molar refractivity (Wildman–Crippen MR) is 169 cm³/mol. The van der Waals surface area contributed by atoms with E-state index in [-0.39, 0.29) is 33.1 Å². The summed E-state index contributed by atoms with van der Waals surface area (Å²) in [7, 11) is 0. The third-order valence-electron chi connectivity index (χ3n) is 7.58. The van der Waals surface area contributed by atoms with Crippen molar-refractivity contribution in [3.8, 4) is 17.2 Å². The van der Waals surface area contributed by atoms with Crippen molar-refractivity contribution in [1.82, 2.24) is 44.3 Å². The van der Waals surface area contributed by atoms with Crippen LogP contribution in [0.4, 0.5) is 31.1 Å². The predicted octanol–water partition coefficient (Wildman–Crippen LogP) is 5.28. The van der Waals surface area contributed by atoms with Gasteiger partial charge >= 0.3 is 24.1 Å². The minimum atomic E-state index is -5.23. The largest absolute Gasteiger partial charge is 0.444 e. The summed E-state index contributed by atoms with van der Waals surface area (Å²) in [4.78, 5) is 48.5. The van der Waals surface area contributed by atoms with Crippen molar-refractivity contribution >= 4 is 35.2 Å². The average molecular weight is 765 g/mol. The molecule has 274 valence electrons. The zero-order chi connectivity index (χ0) is 37.5. The van der Waals surface area contributed by atoms with Crippen LogP contribution in [0.15, 0.2) is 53.7 Å². The first kappa shape index (κ1) is 37.6. The van der Waals surface area contributed by atoms with Gasteiger partial charge in [-0.15, -0.1) is 10.2 Å². The molecule has 0 saturated carbocycles. The van der Waals surface area contributed by atoms with Crippen LogP contribution in [-0.2, 0) is 22.6 Å². The third-order valence-corrected chi connectivity index (χ3v) is 8.13. The van der Waals surface area contributed by atoms with Crippen LogP contribution in [0.25, 0.3) is 17.2 Å². The van der Waals surface area contributed by atoms with Crippen molar-refractivity contribution in [2.24, 2.45) is 5.92 Å². The number of ether oxygens (including phenoxy) is 1. The highest BCUT2D eigenvalue weighted by atomic mass is 35.5. The number of likely N-dealkylation sites (tertiary alicyclic amines) is 1. The topological polar surface area (TPSA) is 142 Å². The van der Waals surface area contributed by atoms with Crippen molar-refractivity contribution in [3.63, 3.8) is 0 Å². The van der Waals surface area contributed by atoms with Gasteiger partial charge in [-0.1, -0.05) is 23.2 Å². The Hall–Kier alpha value is -4.65. The molecule has 2 amide bonds. The lowest BCUT2D eigenvalue weighted by molar-refractivity contribution is -0.171. The summed E-state index contributed by atoms with van der Waals surface area (Å²) in [5.74, 6) is -3.76. The molecule has 0 bridgehead atoms. The first-order valence-electron chi connectivity index (χ1n) is 15.1. The molecule has 1 aliphatic heterocycles. The Balaban J connectivity index is 1.47. The summed E-state index contributed by atoms with van der Waals surface area (Å²) < 4.78 is 92.6. The monoisotopic (exact) mass is 763 g/mol. The van der Waals surface area contributed by atoms with Crippen LogP contribution in [0.1, 0.15) is 33.0 Å². The molecule has 4 aromatic rings. The molecule has 13 nitrogen and oxygen atoms in total. The molecule has 3 unspecified atom stereocenters. The van der Waals surface area contributed by atoms with E-state index in [1.165, 1.54) is 62.2 Å². The number of hydrogen-bond acceptors (Lipinski definition) is 8. The SMILES string of the molecule is CC(C)(C)OC(=O)N1CC(C(F)(F)F)CC1C(=O)NC(Cn1c(-c2ccc(Cl)cc2)nn(Cc2ncn(-c3ncccc3Cl)n2)c1=O)C(F)(F)F. The highest BCUT2D eigenvalue weighted by molar-refractivity contribution is 6.32. The Morgan fingerprint density at radius 2 is 1.71 bits per heavy atom. The maximum Gasteiger partial charge on any atom is 0.410 e. The number of alkyl halides is 6. The normalized spacial score (nSPS) is 17.4. The van der Waals surface area contributed by atoms with E-state index in [1.807, 2.05) is 0 Å². The minimum Gasteiger partial charge on any atom is -0.444 e. The first-order chi connectivity index (χ1) is 23.7. The number of amides is 2. The molecule has 3 atom stereocenters. The standard InChI is InChI=1S/C30H29Cl2F6N9O4/c1-28(2,3)51-27(50)44-12-17(29(33,34)35)11-20(44)25(48)41-21(30(36,37)38)13-45-23(16-6-8-18(31)9-7-16)43-46(26(45)49)14-22-40-15-47(42-22)24-19(32)5-4-10-39-24/h4-10,15,17,20-21H,11-14H2,1-3H3,(H,41,48). The number of benzene rings is 1. The Bertz CT molecular complexity index is 1950. The van der Waals surface area contributed by atoms with E-state index < -0.39 is 79.7 Å². The number of pyridine rings is 1. The lowest BCUT2D eigenvalue weighted by Gasteiger charge is -2.29. The van der Waals surface area contributed by atoms with Gasteiger partial charge in [0.05, 0.1) is 17.5 Å². The molecule has 3 aromatic heterocycles. The molecule has 1 fully saturated rings. The van der Waals surface area contributed by atoms with Gasteiger partial charge in [-0.3, -0.25) is 14.3 Å². The number of carbonyl (C=O) groups excluding carboxylic acids is 2. The summed E-state index contributed by atoms with van der Waals surface area (Å²) in [6.45, 7) is 1.63. The number of halogens is 8. The molecular weight excluding hydrogens is 735 g/mol. The molecular formula is C30H29Cl2F6N9O4. The highest BCUT2D eigenvalue weighted by Crippen LogP contribution is 2.38. The second-order valence-corrected chi connectivity index (χ2v) is 13.4. The van der Waals surface area contributed by atoms with Gasteiger partial charge in [0.1, 0.15) is 30.6 Å². The van der Waals surface area contributed by atoms with Gasteiger partial charge in [0.15, 0.2) is 17.5 Å². The lowest BCUT2D eigenvalue weighted by Crippen LogP contribution is -2.55. The molecule has 0 aliphatic carbocycles. The summed E-state index contributed by atoms with van der Waals surface area (Å²) in [6.07, 6.45) is -9.68. The van der Waals surface area contributed by atoms with Gasteiger partial charge in [-0.2, -0.15) is 26.3 Å². The molecule has 0 spiro atoms. The van der Waals surface area contributed by atoms with E-state index in [2.05, 4.69) is 20.2 Å². The van der Waals surface area contributed by atoms with E-state index in [4.69, 9.17) is 27.9 Å². The molecule has 21 heteroatoms. The number of nitrogens with zero attached hydrogens (tertiary/aromatic N) is 8. The Kier molecular flexibility index (Phi) is 10.4. The number of carbonyl (C=O) groups is 2. The second kappa shape index (κ2) is 14.2. The average Bonchev–Trinajstić information content (AvgIpc) is 3.75. The van der Waals surface area contributed by atoms with Crippen LogP contribution >= 0.6 is 23.2 Å². The maximum atomic E-state index is 14.6. The zero-order valence-electron chi connectivity index (χ0n) is 26.9.